The van der Waals surface area contributed by atoms with E-state index in [9.17, 15) is 4.79 Å². The molecule has 7 nitrogen and oxygen atoms in total. The van der Waals surface area contributed by atoms with Gasteiger partial charge in [-0.05, 0) is 45.4 Å². The van der Waals surface area contributed by atoms with Gasteiger partial charge in [0.05, 0.1) is 14.2 Å². The van der Waals surface area contributed by atoms with Gasteiger partial charge in [-0.3, -0.25) is 0 Å². The van der Waals surface area contributed by atoms with E-state index in [1.165, 1.54) is 0 Å². The van der Waals surface area contributed by atoms with E-state index in [0.717, 1.165) is 11.4 Å². The van der Waals surface area contributed by atoms with Crippen molar-refractivity contribution in [3.8, 4) is 11.5 Å². The number of carbonyl (C=O) groups excluding carboxylic acids is 1. The lowest BCUT2D eigenvalue weighted by Gasteiger charge is -2.32. The molecule has 0 aliphatic carbocycles. The molecule has 0 aliphatic heterocycles. The molecule has 148 valence electrons. The van der Waals surface area contributed by atoms with Crippen LogP contribution >= 0.6 is 0 Å². The molecule has 7 heteroatoms. The molecule has 0 bridgehead atoms. The molecule has 27 heavy (non-hydrogen) atoms. The SMILES string of the molecule is COc1ccc(C(NC(=O)N(C(C)C)C(C)C)c2nccn2C)cc1OC. The number of nitrogens with zero attached hydrogens (tertiary/aromatic N) is 3. The van der Waals surface area contributed by atoms with E-state index in [1.807, 2.05) is 68.6 Å². The fourth-order valence-corrected chi connectivity index (χ4v) is 3.25. The quantitative estimate of drug-likeness (QED) is 0.807. The fraction of sp³-hybridized carbons (Fsp3) is 0.500. The zero-order chi connectivity index (χ0) is 20.1. The number of aryl methyl sites for hydroxylation is 1. The summed E-state index contributed by atoms with van der Waals surface area (Å²) in [5.74, 6) is 1.98. The zero-order valence-corrected chi connectivity index (χ0v) is 17.2. The van der Waals surface area contributed by atoms with Gasteiger partial charge in [0.15, 0.2) is 11.5 Å². The van der Waals surface area contributed by atoms with Crippen molar-refractivity contribution in [3.05, 3.63) is 42.0 Å². The first-order valence-corrected chi connectivity index (χ1v) is 9.08. The first kappa shape index (κ1) is 20.6. The molecule has 2 rings (SSSR count). The van der Waals surface area contributed by atoms with E-state index >= 15 is 0 Å². The molecule has 1 heterocycles. The lowest BCUT2D eigenvalue weighted by molar-refractivity contribution is 0.162. The first-order chi connectivity index (χ1) is 12.8. The highest BCUT2D eigenvalue weighted by molar-refractivity contribution is 5.76. The van der Waals surface area contributed by atoms with Crippen molar-refractivity contribution in [2.75, 3.05) is 14.2 Å². The lowest BCUT2D eigenvalue weighted by Crippen LogP contribution is -2.49. The van der Waals surface area contributed by atoms with Gasteiger partial charge >= 0.3 is 6.03 Å². The molecule has 2 amide bonds. The molecule has 2 aromatic rings. The molecule has 1 aromatic carbocycles. The maximum Gasteiger partial charge on any atom is 0.318 e. The summed E-state index contributed by atoms with van der Waals surface area (Å²) >= 11 is 0. The van der Waals surface area contributed by atoms with Gasteiger partial charge in [-0.15, -0.1) is 0 Å². The number of nitrogens with one attached hydrogen (secondary N) is 1. The number of methoxy groups -OCH3 is 2. The van der Waals surface area contributed by atoms with Crippen LogP contribution in [0.5, 0.6) is 11.5 Å². The highest BCUT2D eigenvalue weighted by atomic mass is 16.5. The van der Waals surface area contributed by atoms with E-state index in [-0.39, 0.29) is 18.1 Å². The second-order valence-corrected chi connectivity index (χ2v) is 6.99. The zero-order valence-electron chi connectivity index (χ0n) is 17.2. The molecule has 0 saturated heterocycles. The lowest BCUT2D eigenvalue weighted by atomic mass is 10.1. The van der Waals surface area contributed by atoms with Crippen molar-refractivity contribution in [2.24, 2.45) is 7.05 Å². The van der Waals surface area contributed by atoms with Gasteiger partial charge in [0.25, 0.3) is 0 Å². The van der Waals surface area contributed by atoms with Crippen LogP contribution in [-0.4, -0.2) is 46.8 Å². The Morgan fingerprint density at radius 3 is 2.22 bits per heavy atom. The minimum atomic E-state index is -0.419. The summed E-state index contributed by atoms with van der Waals surface area (Å²) in [6.45, 7) is 8.02. The van der Waals surface area contributed by atoms with E-state index in [4.69, 9.17) is 9.47 Å². The number of hydrogen-bond donors (Lipinski definition) is 1. The summed E-state index contributed by atoms with van der Waals surface area (Å²) in [5.41, 5.74) is 0.864. The largest absolute Gasteiger partial charge is 0.493 e. The second-order valence-electron chi connectivity index (χ2n) is 6.99. The Labute approximate surface area is 161 Å². The van der Waals surface area contributed by atoms with Gasteiger partial charge in [0.1, 0.15) is 11.9 Å². The molecular formula is C20H30N4O3. The van der Waals surface area contributed by atoms with Crippen molar-refractivity contribution in [3.63, 3.8) is 0 Å². The van der Waals surface area contributed by atoms with Crippen LogP contribution in [0.1, 0.15) is 45.1 Å². The number of urea groups is 1. The molecule has 1 aromatic heterocycles. The predicted octanol–water partition coefficient (Wildman–Crippen LogP) is 3.36. The molecule has 0 fully saturated rings. The summed E-state index contributed by atoms with van der Waals surface area (Å²) in [5, 5.41) is 3.14. The molecule has 0 spiro atoms. The van der Waals surface area contributed by atoms with Gasteiger partial charge in [0.2, 0.25) is 0 Å². The van der Waals surface area contributed by atoms with Crippen LogP contribution < -0.4 is 14.8 Å². The molecular weight excluding hydrogens is 344 g/mol. The van der Waals surface area contributed by atoms with Crippen molar-refractivity contribution < 1.29 is 14.3 Å². The molecule has 0 saturated carbocycles. The smallest absolute Gasteiger partial charge is 0.318 e. The van der Waals surface area contributed by atoms with Gasteiger partial charge in [-0.25, -0.2) is 9.78 Å². The fourth-order valence-electron chi connectivity index (χ4n) is 3.25. The van der Waals surface area contributed by atoms with Gasteiger partial charge < -0.3 is 24.3 Å². The van der Waals surface area contributed by atoms with E-state index in [0.29, 0.717) is 11.5 Å². The van der Waals surface area contributed by atoms with Crippen molar-refractivity contribution in [2.45, 2.75) is 45.8 Å². The van der Waals surface area contributed by atoms with Crippen LogP contribution in [0.15, 0.2) is 30.6 Å². The Kier molecular flexibility index (Phi) is 6.71. The Bertz CT molecular complexity index is 762. The van der Waals surface area contributed by atoms with Gasteiger partial charge in [-0.1, -0.05) is 6.07 Å². The number of hydrogen-bond acceptors (Lipinski definition) is 4. The predicted molar refractivity (Wildman–Crippen MR) is 105 cm³/mol. The number of benzene rings is 1. The third-order valence-electron chi connectivity index (χ3n) is 4.47. The number of ether oxygens (including phenoxy) is 2. The molecule has 0 radical (unpaired) electrons. The minimum Gasteiger partial charge on any atom is -0.493 e. The monoisotopic (exact) mass is 374 g/mol. The number of amides is 2. The first-order valence-electron chi connectivity index (χ1n) is 9.08. The standard InChI is InChI=1S/C20H30N4O3/c1-13(2)24(14(3)4)20(25)22-18(19-21-10-11-23(19)5)15-8-9-16(26-6)17(12-15)27-7/h8-14,18H,1-7H3,(H,22,25). The average molecular weight is 374 g/mol. The topological polar surface area (TPSA) is 68.6 Å². The highest BCUT2D eigenvalue weighted by Crippen LogP contribution is 2.32. The van der Waals surface area contributed by atoms with Crippen molar-refractivity contribution >= 4 is 6.03 Å². The normalized spacial score (nSPS) is 12.2. The summed E-state index contributed by atoms with van der Waals surface area (Å²) in [7, 11) is 5.10. The molecule has 1 N–H and O–H groups in total. The van der Waals surface area contributed by atoms with Crippen LogP contribution in [-0.2, 0) is 7.05 Å². The minimum absolute atomic E-state index is 0.0809. The Morgan fingerprint density at radius 2 is 1.74 bits per heavy atom. The van der Waals surface area contributed by atoms with E-state index in [2.05, 4.69) is 10.3 Å². The van der Waals surface area contributed by atoms with E-state index in [1.54, 1.807) is 20.4 Å². The summed E-state index contributed by atoms with van der Waals surface area (Å²) in [6.07, 6.45) is 3.58. The second kappa shape index (κ2) is 8.79. The molecule has 0 aliphatic rings. The van der Waals surface area contributed by atoms with Gasteiger partial charge in [0, 0.05) is 31.5 Å². The maximum atomic E-state index is 13.0. The molecule has 1 atom stereocenters. The van der Waals surface area contributed by atoms with E-state index < -0.39 is 6.04 Å². The maximum absolute atomic E-state index is 13.0. The van der Waals surface area contributed by atoms with Crippen LogP contribution in [0.25, 0.3) is 0 Å². The third kappa shape index (κ3) is 4.53. The Balaban J connectivity index is 2.45. The number of carbonyl (C=O) groups is 1. The summed E-state index contributed by atoms with van der Waals surface area (Å²) < 4.78 is 12.7. The Hall–Kier alpha value is -2.70. The van der Waals surface area contributed by atoms with Crippen molar-refractivity contribution in [1.82, 2.24) is 19.8 Å². The number of aromatic nitrogens is 2. The number of rotatable bonds is 7. The average Bonchev–Trinajstić information content (AvgIpc) is 3.04. The number of imidazole rings is 1. The van der Waals surface area contributed by atoms with Gasteiger partial charge in [-0.2, -0.15) is 0 Å². The summed E-state index contributed by atoms with van der Waals surface area (Å²) in [4.78, 5) is 19.3. The van der Waals surface area contributed by atoms with Crippen LogP contribution in [0.3, 0.4) is 0 Å². The van der Waals surface area contributed by atoms with Crippen molar-refractivity contribution in [1.29, 1.82) is 0 Å². The van der Waals surface area contributed by atoms with Crippen LogP contribution in [0.2, 0.25) is 0 Å². The van der Waals surface area contributed by atoms with Crippen LogP contribution in [0, 0.1) is 0 Å². The van der Waals surface area contributed by atoms with Crippen LogP contribution in [0.4, 0.5) is 4.79 Å². The summed E-state index contributed by atoms with van der Waals surface area (Å²) in [6, 6.07) is 5.22. The Morgan fingerprint density at radius 1 is 1.11 bits per heavy atom. The highest BCUT2D eigenvalue weighted by Gasteiger charge is 2.27. The molecule has 1 unspecified atom stereocenters. The third-order valence-corrected chi connectivity index (χ3v) is 4.47.